The number of nitrogens with zero attached hydrogens (tertiary/aromatic N) is 1. The van der Waals surface area contributed by atoms with Crippen LogP contribution in [0.15, 0.2) is 30.3 Å². The minimum atomic E-state index is -1.02. The van der Waals surface area contributed by atoms with Crippen molar-refractivity contribution in [3.8, 4) is 0 Å². The summed E-state index contributed by atoms with van der Waals surface area (Å²) in [6.45, 7) is 2.66. The molecular formula is C14H19NO2. The quantitative estimate of drug-likeness (QED) is 0.864. The van der Waals surface area contributed by atoms with Crippen molar-refractivity contribution in [2.75, 3.05) is 13.6 Å². The van der Waals surface area contributed by atoms with Crippen LogP contribution in [0.2, 0.25) is 0 Å². The number of carbonyl (C=O) groups excluding carboxylic acids is 1. The minimum absolute atomic E-state index is 0.0539. The SMILES string of the molecule is CC[C@](O)(c1ccccc1)[C@@H]1CCN(C)C1=O. The third-order valence-electron chi connectivity index (χ3n) is 3.82. The highest BCUT2D eigenvalue weighted by molar-refractivity contribution is 5.82. The lowest BCUT2D eigenvalue weighted by Gasteiger charge is -2.32. The molecular weight excluding hydrogens is 214 g/mol. The van der Waals surface area contributed by atoms with Crippen LogP contribution in [-0.2, 0) is 10.4 Å². The Morgan fingerprint density at radius 2 is 2.06 bits per heavy atom. The number of carbonyl (C=O) groups is 1. The van der Waals surface area contributed by atoms with Crippen LogP contribution in [0, 0.1) is 5.92 Å². The number of likely N-dealkylation sites (tertiary alicyclic amines) is 1. The summed E-state index contributed by atoms with van der Waals surface area (Å²) < 4.78 is 0. The van der Waals surface area contributed by atoms with Gasteiger partial charge in [0.25, 0.3) is 0 Å². The van der Waals surface area contributed by atoms with E-state index in [0.717, 1.165) is 18.5 Å². The molecule has 0 saturated carbocycles. The van der Waals surface area contributed by atoms with Crippen molar-refractivity contribution in [2.24, 2.45) is 5.92 Å². The fourth-order valence-electron chi connectivity index (χ4n) is 2.64. The van der Waals surface area contributed by atoms with Gasteiger partial charge in [-0.15, -0.1) is 0 Å². The van der Waals surface area contributed by atoms with E-state index in [-0.39, 0.29) is 11.8 Å². The first-order valence-electron chi connectivity index (χ1n) is 6.12. The Morgan fingerprint density at radius 1 is 1.41 bits per heavy atom. The Balaban J connectivity index is 2.35. The summed E-state index contributed by atoms with van der Waals surface area (Å²) in [7, 11) is 1.80. The monoisotopic (exact) mass is 233 g/mol. The van der Waals surface area contributed by atoms with Crippen molar-refractivity contribution in [3.05, 3.63) is 35.9 Å². The molecule has 0 bridgehead atoms. The summed E-state index contributed by atoms with van der Waals surface area (Å²) in [5.74, 6) is -0.252. The van der Waals surface area contributed by atoms with Crippen LogP contribution in [0.3, 0.4) is 0 Å². The van der Waals surface area contributed by atoms with Crippen LogP contribution in [-0.4, -0.2) is 29.5 Å². The average Bonchev–Trinajstić information content (AvgIpc) is 2.71. The number of amides is 1. The number of hydrogen-bond donors (Lipinski definition) is 1. The zero-order valence-corrected chi connectivity index (χ0v) is 10.4. The number of benzene rings is 1. The van der Waals surface area contributed by atoms with Gasteiger partial charge in [-0.1, -0.05) is 37.3 Å². The van der Waals surface area contributed by atoms with E-state index in [9.17, 15) is 9.90 Å². The largest absolute Gasteiger partial charge is 0.384 e. The van der Waals surface area contributed by atoms with Gasteiger partial charge in [-0.25, -0.2) is 0 Å². The molecule has 1 amide bonds. The lowest BCUT2D eigenvalue weighted by molar-refractivity contribution is -0.139. The summed E-state index contributed by atoms with van der Waals surface area (Å²) in [5, 5.41) is 10.8. The van der Waals surface area contributed by atoms with Crippen molar-refractivity contribution in [2.45, 2.75) is 25.4 Å². The van der Waals surface area contributed by atoms with Gasteiger partial charge in [0.1, 0.15) is 5.60 Å². The number of aliphatic hydroxyl groups is 1. The smallest absolute Gasteiger partial charge is 0.228 e. The summed E-state index contributed by atoms with van der Waals surface area (Å²) in [4.78, 5) is 13.8. The Kier molecular flexibility index (Phi) is 3.20. The van der Waals surface area contributed by atoms with E-state index < -0.39 is 5.60 Å². The van der Waals surface area contributed by atoms with E-state index >= 15 is 0 Å². The van der Waals surface area contributed by atoms with Crippen molar-refractivity contribution in [1.29, 1.82) is 0 Å². The predicted octanol–water partition coefficient (Wildman–Crippen LogP) is 1.76. The lowest BCUT2D eigenvalue weighted by Crippen LogP contribution is -2.39. The molecule has 1 aliphatic rings. The van der Waals surface area contributed by atoms with Gasteiger partial charge in [0.05, 0.1) is 5.92 Å². The van der Waals surface area contributed by atoms with Crippen LogP contribution in [0.1, 0.15) is 25.3 Å². The maximum Gasteiger partial charge on any atom is 0.228 e. The highest BCUT2D eigenvalue weighted by Crippen LogP contribution is 2.38. The van der Waals surface area contributed by atoms with Crippen LogP contribution in [0.4, 0.5) is 0 Å². The number of rotatable bonds is 3. The van der Waals surface area contributed by atoms with E-state index in [4.69, 9.17) is 0 Å². The van der Waals surface area contributed by atoms with E-state index in [0.29, 0.717) is 6.42 Å². The van der Waals surface area contributed by atoms with Gasteiger partial charge in [0, 0.05) is 13.6 Å². The van der Waals surface area contributed by atoms with Crippen LogP contribution in [0.5, 0.6) is 0 Å². The molecule has 1 aromatic carbocycles. The molecule has 1 heterocycles. The van der Waals surface area contributed by atoms with Crippen LogP contribution >= 0.6 is 0 Å². The summed E-state index contributed by atoms with van der Waals surface area (Å²) >= 11 is 0. The third-order valence-corrected chi connectivity index (χ3v) is 3.82. The molecule has 3 nitrogen and oxygen atoms in total. The molecule has 1 aromatic rings. The molecule has 92 valence electrons. The number of hydrogen-bond acceptors (Lipinski definition) is 2. The van der Waals surface area contributed by atoms with Gasteiger partial charge in [0.15, 0.2) is 0 Å². The fourth-order valence-corrected chi connectivity index (χ4v) is 2.64. The van der Waals surface area contributed by atoms with Gasteiger partial charge in [-0.2, -0.15) is 0 Å². The van der Waals surface area contributed by atoms with Crippen molar-refractivity contribution >= 4 is 5.91 Å². The maximum atomic E-state index is 12.1. The zero-order chi connectivity index (χ0) is 12.5. The molecule has 0 unspecified atom stereocenters. The molecule has 1 N–H and O–H groups in total. The molecule has 0 aliphatic carbocycles. The Hall–Kier alpha value is -1.35. The first-order valence-corrected chi connectivity index (χ1v) is 6.12. The van der Waals surface area contributed by atoms with Gasteiger partial charge in [-0.05, 0) is 18.4 Å². The van der Waals surface area contributed by atoms with Gasteiger partial charge in [0.2, 0.25) is 5.91 Å². The molecule has 3 heteroatoms. The standard InChI is InChI=1S/C14H19NO2/c1-3-14(17,11-7-5-4-6-8-11)12-9-10-15(2)13(12)16/h4-8,12,17H,3,9-10H2,1-2H3/t12-,14+/m1/s1. The molecule has 0 aromatic heterocycles. The molecule has 0 radical (unpaired) electrons. The Labute approximate surface area is 102 Å². The normalized spacial score (nSPS) is 23.8. The van der Waals surface area contributed by atoms with Gasteiger partial charge >= 0.3 is 0 Å². The molecule has 2 rings (SSSR count). The second kappa shape index (κ2) is 4.49. The van der Waals surface area contributed by atoms with Crippen LogP contribution in [0.25, 0.3) is 0 Å². The van der Waals surface area contributed by atoms with Crippen LogP contribution < -0.4 is 0 Å². The first kappa shape index (κ1) is 12.1. The fraction of sp³-hybridized carbons (Fsp3) is 0.500. The highest BCUT2D eigenvalue weighted by atomic mass is 16.3. The van der Waals surface area contributed by atoms with E-state index in [2.05, 4.69) is 0 Å². The van der Waals surface area contributed by atoms with E-state index in [1.807, 2.05) is 37.3 Å². The van der Waals surface area contributed by atoms with Gasteiger partial charge in [-0.3, -0.25) is 4.79 Å². The molecule has 17 heavy (non-hydrogen) atoms. The van der Waals surface area contributed by atoms with E-state index in [1.54, 1.807) is 11.9 Å². The van der Waals surface area contributed by atoms with Crippen molar-refractivity contribution in [3.63, 3.8) is 0 Å². The van der Waals surface area contributed by atoms with E-state index in [1.165, 1.54) is 0 Å². The Bertz CT molecular complexity index is 404. The second-order valence-corrected chi connectivity index (χ2v) is 4.74. The molecule has 1 fully saturated rings. The summed E-state index contributed by atoms with van der Waals surface area (Å²) in [6.07, 6.45) is 1.29. The molecule has 1 saturated heterocycles. The topological polar surface area (TPSA) is 40.5 Å². The molecule has 2 atom stereocenters. The van der Waals surface area contributed by atoms with Gasteiger partial charge < -0.3 is 10.0 Å². The maximum absolute atomic E-state index is 12.1. The summed E-state index contributed by atoms with van der Waals surface area (Å²) in [5.41, 5.74) is -0.181. The minimum Gasteiger partial charge on any atom is -0.384 e. The summed E-state index contributed by atoms with van der Waals surface area (Å²) in [6, 6.07) is 9.52. The van der Waals surface area contributed by atoms with Crippen molar-refractivity contribution in [1.82, 2.24) is 4.90 Å². The lowest BCUT2D eigenvalue weighted by atomic mass is 9.78. The average molecular weight is 233 g/mol. The zero-order valence-electron chi connectivity index (χ0n) is 10.4. The highest BCUT2D eigenvalue weighted by Gasteiger charge is 2.45. The molecule has 1 aliphatic heterocycles. The molecule has 0 spiro atoms. The predicted molar refractivity (Wildman–Crippen MR) is 66.4 cm³/mol. The second-order valence-electron chi connectivity index (χ2n) is 4.74. The Morgan fingerprint density at radius 3 is 2.53 bits per heavy atom. The first-order chi connectivity index (χ1) is 8.09. The third kappa shape index (κ3) is 1.95. The van der Waals surface area contributed by atoms with Crippen molar-refractivity contribution < 1.29 is 9.90 Å².